The molecule has 1 fully saturated rings. The minimum absolute atomic E-state index is 0.00490. The largest absolute Gasteiger partial charge is 0.462 e. The van der Waals surface area contributed by atoms with Gasteiger partial charge in [-0.1, -0.05) is 31.9 Å². The molecule has 16 heavy (non-hydrogen) atoms. The monoisotopic (exact) mass is 224 g/mol. The Balaban J connectivity index is 1.85. The van der Waals surface area contributed by atoms with E-state index in [4.69, 9.17) is 4.74 Å². The van der Waals surface area contributed by atoms with E-state index in [1.165, 1.54) is 32.1 Å². The summed E-state index contributed by atoms with van der Waals surface area (Å²) in [4.78, 5) is 10.9. The fourth-order valence-corrected chi connectivity index (χ4v) is 2.06. The van der Waals surface area contributed by atoms with E-state index in [0.717, 1.165) is 19.3 Å². The second-order valence-electron chi connectivity index (χ2n) is 4.52. The van der Waals surface area contributed by atoms with Gasteiger partial charge in [-0.05, 0) is 38.5 Å². The zero-order valence-electron chi connectivity index (χ0n) is 10.4. The molecule has 0 spiro atoms. The van der Waals surface area contributed by atoms with Gasteiger partial charge in [0.25, 0.3) is 0 Å². The zero-order valence-corrected chi connectivity index (χ0v) is 10.4. The Hall–Kier alpha value is -0.790. The van der Waals surface area contributed by atoms with Crippen LogP contribution in [0.15, 0.2) is 12.2 Å². The molecule has 0 bridgehead atoms. The van der Waals surface area contributed by atoms with Crippen LogP contribution >= 0.6 is 0 Å². The molecule has 0 aliphatic carbocycles. The van der Waals surface area contributed by atoms with E-state index in [2.05, 4.69) is 19.1 Å². The van der Waals surface area contributed by atoms with Crippen molar-refractivity contribution in [3.05, 3.63) is 12.2 Å². The summed E-state index contributed by atoms with van der Waals surface area (Å²) in [6.07, 6.45) is 14.8. The number of ether oxygens (including phenoxy) is 1. The topological polar surface area (TPSA) is 26.3 Å². The number of allylic oxidation sites excluding steroid dienone is 2. The van der Waals surface area contributed by atoms with Crippen molar-refractivity contribution in [1.82, 2.24) is 0 Å². The van der Waals surface area contributed by atoms with E-state index < -0.39 is 0 Å². The lowest BCUT2D eigenvalue weighted by molar-refractivity contribution is -0.141. The fraction of sp³-hybridized carbons (Fsp3) is 0.786. The molecule has 0 N–H and O–H groups in total. The molecule has 1 saturated heterocycles. The van der Waals surface area contributed by atoms with Crippen molar-refractivity contribution in [3.8, 4) is 0 Å². The smallest absolute Gasteiger partial charge is 0.306 e. The standard InChI is InChI=1S/C14H24O2/c1-2-3-4-5-6-7-8-9-10-13-11-12-14(15)16-13/h3-4,13H,2,5-12H2,1H3/b4-3+/t13-/m1/s1. The number of hydrogen-bond acceptors (Lipinski definition) is 2. The van der Waals surface area contributed by atoms with Crippen molar-refractivity contribution < 1.29 is 9.53 Å². The molecule has 1 aliphatic heterocycles. The molecule has 0 saturated carbocycles. The maximum Gasteiger partial charge on any atom is 0.306 e. The number of carbonyl (C=O) groups excluding carboxylic acids is 1. The molecule has 2 nitrogen and oxygen atoms in total. The van der Waals surface area contributed by atoms with E-state index in [9.17, 15) is 4.79 Å². The fourth-order valence-electron chi connectivity index (χ4n) is 2.06. The van der Waals surface area contributed by atoms with Crippen LogP contribution in [0.3, 0.4) is 0 Å². The van der Waals surface area contributed by atoms with Gasteiger partial charge in [0.15, 0.2) is 0 Å². The van der Waals surface area contributed by atoms with Gasteiger partial charge < -0.3 is 4.74 Å². The van der Waals surface area contributed by atoms with E-state index in [-0.39, 0.29) is 12.1 Å². The molecule has 1 atom stereocenters. The molecular formula is C14H24O2. The molecule has 0 aromatic heterocycles. The maximum absolute atomic E-state index is 10.9. The van der Waals surface area contributed by atoms with Crippen LogP contribution in [0.4, 0.5) is 0 Å². The van der Waals surface area contributed by atoms with Gasteiger partial charge in [-0.15, -0.1) is 0 Å². The van der Waals surface area contributed by atoms with Gasteiger partial charge >= 0.3 is 5.97 Å². The average molecular weight is 224 g/mol. The molecule has 0 unspecified atom stereocenters. The van der Waals surface area contributed by atoms with Crippen molar-refractivity contribution in [2.45, 2.75) is 70.8 Å². The first-order valence-electron chi connectivity index (χ1n) is 6.67. The number of hydrogen-bond donors (Lipinski definition) is 0. The van der Waals surface area contributed by atoms with Gasteiger partial charge in [-0.25, -0.2) is 0 Å². The van der Waals surface area contributed by atoms with Gasteiger partial charge in [-0.3, -0.25) is 4.79 Å². The minimum atomic E-state index is -0.00490. The lowest BCUT2D eigenvalue weighted by atomic mass is 10.1. The van der Waals surface area contributed by atoms with Crippen molar-refractivity contribution >= 4 is 5.97 Å². The van der Waals surface area contributed by atoms with Crippen LogP contribution in [-0.4, -0.2) is 12.1 Å². The number of unbranched alkanes of at least 4 members (excludes halogenated alkanes) is 4. The van der Waals surface area contributed by atoms with Crippen LogP contribution < -0.4 is 0 Å². The lowest BCUT2D eigenvalue weighted by Gasteiger charge is -2.07. The summed E-state index contributed by atoms with van der Waals surface area (Å²) in [6.45, 7) is 2.17. The molecule has 0 amide bonds. The second kappa shape index (κ2) is 8.37. The Labute approximate surface area is 99.1 Å². The number of cyclic esters (lactones) is 1. The Morgan fingerprint density at radius 3 is 2.75 bits per heavy atom. The highest BCUT2D eigenvalue weighted by molar-refractivity contribution is 5.71. The molecule has 92 valence electrons. The normalized spacial score (nSPS) is 20.6. The summed E-state index contributed by atoms with van der Waals surface area (Å²) in [5.74, 6) is -0.00490. The zero-order chi connectivity index (χ0) is 11.6. The van der Waals surface area contributed by atoms with E-state index in [0.29, 0.717) is 6.42 Å². The molecule has 0 radical (unpaired) electrons. The first-order chi connectivity index (χ1) is 7.83. The van der Waals surface area contributed by atoms with Crippen molar-refractivity contribution in [2.75, 3.05) is 0 Å². The molecule has 2 heteroatoms. The van der Waals surface area contributed by atoms with Crippen LogP contribution in [0.2, 0.25) is 0 Å². The first-order valence-corrected chi connectivity index (χ1v) is 6.67. The van der Waals surface area contributed by atoms with Crippen LogP contribution in [0.1, 0.15) is 64.7 Å². The molecule has 1 aliphatic rings. The van der Waals surface area contributed by atoms with Gasteiger partial charge in [0.2, 0.25) is 0 Å². The molecule has 1 rings (SSSR count). The third-order valence-corrected chi connectivity index (χ3v) is 3.02. The highest BCUT2D eigenvalue weighted by Crippen LogP contribution is 2.19. The van der Waals surface area contributed by atoms with Gasteiger partial charge in [-0.2, -0.15) is 0 Å². The van der Waals surface area contributed by atoms with E-state index in [1.807, 2.05) is 0 Å². The maximum atomic E-state index is 10.9. The van der Waals surface area contributed by atoms with E-state index >= 15 is 0 Å². The summed E-state index contributed by atoms with van der Waals surface area (Å²) >= 11 is 0. The molecule has 0 aromatic rings. The minimum Gasteiger partial charge on any atom is -0.462 e. The third-order valence-electron chi connectivity index (χ3n) is 3.02. The summed E-state index contributed by atoms with van der Waals surface area (Å²) in [7, 11) is 0. The average Bonchev–Trinajstić information content (AvgIpc) is 2.68. The summed E-state index contributed by atoms with van der Waals surface area (Å²) < 4.78 is 5.17. The number of esters is 1. The SMILES string of the molecule is CC/C=C/CCCCCC[C@@H]1CCC(=O)O1. The number of rotatable bonds is 8. The van der Waals surface area contributed by atoms with Crippen LogP contribution in [0, 0.1) is 0 Å². The van der Waals surface area contributed by atoms with Crippen LogP contribution in [0.25, 0.3) is 0 Å². The molecule has 0 aromatic carbocycles. The predicted octanol–water partition coefficient (Wildman–Crippen LogP) is 4.00. The Morgan fingerprint density at radius 1 is 1.25 bits per heavy atom. The van der Waals surface area contributed by atoms with Gasteiger partial charge in [0.1, 0.15) is 6.10 Å². The predicted molar refractivity (Wildman–Crippen MR) is 66.2 cm³/mol. The Morgan fingerprint density at radius 2 is 2.06 bits per heavy atom. The summed E-state index contributed by atoms with van der Waals surface area (Å²) in [6, 6.07) is 0. The lowest BCUT2D eigenvalue weighted by Crippen LogP contribution is -2.06. The summed E-state index contributed by atoms with van der Waals surface area (Å²) in [5, 5.41) is 0. The van der Waals surface area contributed by atoms with Crippen molar-refractivity contribution in [2.24, 2.45) is 0 Å². The van der Waals surface area contributed by atoms with Crippen LogP contribution in [-0.2, 0) is 9.53 Å². The first kappa shape index (κ1) is 13.3. The highest BCUT2D eigenvalue weighted by atomic mass is 16.5. The van der Waals surface area contributed by atoms with Gasteiger partial charge in [0.05, 0.1) is 0 Å². The van der Waals surface area contributed by atoms with Crippen molar-refractivity contribution in [1.29, 1.82) is 0 Å². The number of carbonyl (C=O) groups is 1. The summed E-state index contributed by atoms with van der Waals surface area (Å²) in [5.41, 5.74) is 0. The van der Waals surface area contributed by atoms with Crippen molar-refractivity contribution in [3.63, 3.8) is 0 Å². The second-order valence-corrected chi connectivity index (χ2v) is 4.52. The molecule has 1 heterocycles. The third kappa shape index (κ3) is 5.94. The highest BCUT2D eigenvalue weighted by Gasteiger charge is 2.22. The Bertz CT molecular complexity index is 221. The van der Waals surface area contributed by atoms with Crippen LogP contribution in [0.5, 0.6) is 0 Å². The Kier molecular flexibility index (Phi) is 6.95. The quantitative estimate of drug-likeness (QED) is 0.354. The van der Waals surface area contributed by atoms with E-state index in [1.54, 1.807) is 0 Å². The molecular weight excluding hydrogens is 200 g/mol. The van der Waals surface area contributed by atoms with Gasteiger partial charge in [0, 0.05) is 6.42 Å².